The Morgan fingerprint density at radius 2 is 0.944 bits per heavy atom. The molecule has 0 bridgehead atoms. The average Bonchev–Trinajstić information content (AvgIpc) is 2.92. The first-order chi connectivity index (χ1) is 17.5. The maximum Gasteiger partial charge on any atom is 0.207 e. The summed E-state index contributed by atoms with van der Waals surface area (Å²) in [5.41, 5.74) is 1.01. The van der Waals surface area contributed by atoms with Gasteiger partial charge >= 0.3 is 0 Å². The Morgan fingerprint density at radius 3 is 1.39 bits per heavy atom. The first kappa shape index (κ1) is 22.7. The first-order valence-corrected chi connectivity index (χ1v) is 11.3. The average molecular weight is 472 g/mol. The molecule has 0 radical (unpaired) electrons. The molecule has 1 aromatic heterocycles. The van der Waals surface area contributed by atoms with Crippen molar-refractivity contribution in [2.24, 2.45) is 0 Å². The molecule has 5 heteroatoms. The quantitative estimate of drug-likeness (QED) is 0.159. The normalized spacial score (nSPS) is 12.1. The van der Waals surface area contributed by atoms with Gasteiger partial charge in [0, 0.05) is 23.3 Å². The summed E-state index contributed by atoms with van der Waals surface area (Å²) in [5.74, 6) is -1.48. The van der Waals surface area contributed by atoms with Crippen LogP contribution >= 0.6 is 0 Å². The molecule has 5 nitrogen and oxygen atoms in total. The molecule has 5 aromatic rings. The molecule has 0 saturated heterocycles. The van der Waals surface area contributed by atoms with Crippen LogP contribution in [0.25, 0.3) is 33.1 Å². The van der Waals surface area contributed by atoms with Gasteiger partial charge in [0.15, 0.2) is 0 Å². The maximum atomic E-state index is 12.8. The highest BCUT2D eigenvalue weighted by Crippen LogP contribution is 2.22. The summed E-state index contributed by atoms with van der Waals surface area (Å²) in [4.78, 5) is 29.7. The molecule has 0 fully saturated rings. The fourth-order valence-electron chi connectivity index (χ4n) is 3.97. The predicted octanol–water partition coefficient (Wildman–Crippen LogP) is 6.95. The van der Waals surface area contributed by atoms with Crippen LogP contribution < -0.4 is 0 Å². The summed E-state index contributed by atoms with van der Waals surface area (Å²) in [6.45, 7) is 0. The van der Waals surface area contributed by atoms with Crippen LogP contribution in [-0.4, -0.2) is 26.8 Å². The number of hydrogen-bond acceptors (Lipinski definition) is 5. The molecule has 5 rings (SSSR count). The van der Waals surface area contributed by atoms with E-state index < -0.39 is 11.6 Å². The lowest BCUT2D eigenvalue weighted by Gasteiger charge is -2.05. The molecule has 0 saturated carbocycles. The van der Waals surface area contributed by atoms with Crippen molar-refractivity contribution in [3.05, 3.63) is 138 Å². The molecule has 1 heterocycles. The lowest BCUT2D eigenvalue weighted by Crippen LogP contribution is -2.06. The van der Waals surface area contributed by atoms with E-state index in [1.807, 2.05) is 60.7 Å². The van der Waals surface area contributed by atoms with Crippen molar-refractivity contribution in [3.63, 3.8) is 0 Å². The lowest BCUT2D eigenvalue weighted by atomic mass is 10.0. The van der Waals surface area contributed by atoms with Crippen LogP contribution in [-0.2, 0) is 0 Å². The third-order valence-corrected chi connectivity index (χ3v) is 5.88. The second-order valence-corrected chi connectivity index (χ2v) is 8.32. The molecule has 36 heavy (non-hydrogen) atoms. The van der Waals surface area contributed by atoms with E-state index in [0.717, 1.165) is 33.7 Å². The number of carbonyl (C=O) groups excluding carboxylic acids is 2. The van der Waals surface area contributed by atoms with Crippen LogP contribution in [0.2, 0.25) is 0 Å². The van der Waals surface area contributed by atoms with Crippen molar-refractivity contribution in [2.75, 3.05) is 0 Å². The van der Waals surface area contributed by atoms with Gasteiger partial charge in [0.05, 0.1) is 0 Å². The van der Waals surface area contributed by atoms with Crippen LogP contribution in [0, 0.1) is 0 Å². The van der Waals surface area contributed by atoms with Crippen LogP contribution in [0.5, 0.6) is 0 Å². The Labute approximate surface area is 207 Å². The maximum absolute atomic E-state index is 12.8. The van der Waals surface area contributed by atoms with E-state index in [0.29, 0.717) is 11.1 Å². The molecule has 0 aliphatic heterocycles. The number of aliphatic hydroxyl groups excluding tert-OH is 2. The van der Waals surface area contributed by atoms with Gasteiger partial charge < -0.3 is 10.2 Å². The summed E-state index contributed by atoms with van der Waals surface area (Å²) in [5, 5.41) is 24.9. The number of pyridine rings is 1. The highest BCUT2D eigenvalue weighted by molar-refractivity contribution is 6.10. The fraction of sp³-hybridized carbons (Fsp3) is 0. The summed E-state index contributed by atoms with van der Waals surface area (Å²) in [7, 11) is 0. The van der Waals surface area contributed by atoms with E-state index in [4.69, 9.17) is 0 Å². The van der Waals surface area contributed by atoms with Crippen molar-refractivity contribution in [3.8, 4) is 0 Å². The van der Waals surface area contributed by atoms with Crippen LogP contribution in [0.15, 0.2) is 115 Å². The van der Waals surface area contributed by atoms with Gasteiger partial charge in [-0.2, -0.15) is 0 Å². The van der Waals surface area contributed by atoms with Crippen LogP contribution in [0.1, 0.15) is 32.1 Å². The number of fused-ring (bicyclic) bond motifs is 2. The van der Waals surface area contributed by atoms with Gasteiger partial charge in [-0.25, -0.2) is 4.98 Å². The van der Waals surface area contributed by atoms with Crippen molar-refractivity contribution < 1.29 is 19.8 Å². The van der Waals surface area contributed by atoms with Crippen molar-refractivity contribution in [2.45, 2.75) is 0 Å². The number of rotatable bonds is 6. The minimum Gasteiger partial charge on any atom is -0.507 e. The number of ketones is 2. The molecule has 0 spiro atoms. The minimum atomic E-state index is -0.543. The fourth-order valence-corrected chi connectivity index (χ4v) is 3.97. The zero-order chi connectivity index (χ0) is 25.1. The molecule has 0 atom stereocenters. The zero-order valence-electron chi connectivity index (χ0n) is 19.1. The topological polar surface area (TPSA) is 87.5 Å². The number of allylic oxidation sites excluding steroid dienone is 2. The first-order valence-electron chi connectivity index (χ1n) is 11.3. The number of nitrogens with zero attached hydrogens (tertiary/aromatic N) is 1. The van der Waals surface area contributed by atoms with Gasteiger partial charge in [-0.3, -0.25) is 9.59 Å². The number of aromatic nitrogens is 1. The van der Waals surface area contributed by atoms with Gasteiger partial charge in [-0.1, -0.05) is 78.9 Å². The van der Waals surface area contributed by atoms with E-state index >= 15 is 0 Å². The Kier molecular flexibility index (Phi) is 6.12. The molecule has 0 aliphatic carbocycles. The van der Waals surface area contributed by atoms with Gasteiger partial charge in [0.25, 0.3) is 0 Å². The van der Waals surface area contributed by atoms with Crippen molar-refractivity contribution in [1.29, 1.82) is 0 Å². The second-order valence-electron chi connectivity index (χ2n) is 8.32. The molecule has 0 aliphatic rings. The van der Waals surface area contributed by atoms with Crippen molar-refractivity contribution in [1.82, 2.24) is 4.98 Å². The predicted molar refractivity (Wildman–Crippen MR) is 142 cm³/mol. The van der Waals surface area contributed by atoms with Gasteiger partial charge in [-0.05, 0) is 45.8 Å². The Hall–Kier alpha value is -5.03. The highest BCUT2D eigenvalue weighted by Gasteiger charge is 2.13. The Balaban J connectivity index is 1.37. The van der Waals surface area contributed by atoms with E-state index in [9.17, 15) is 19.8 Å². The molecule has 4 aromatic carbocycles. The minimum absolute atomic E-state index is 0.00628. The number of carbonyl (C=O) groups is 2. The Morgan fingerprint density at radius 1 is 0.528 bits per heavy atom. The summed E-state index contributed by atoms with van der Waals surface area (Å²) < 4.78 is 0. The van der Waals surface area contributed by atoms with E-state index in [-0.39, 0.29) is 22.9 Å². The molecule has 0 amide bonds. The third-order valence-electron chi connectivity index (χ3n) is 5.88. The van der Waals surface area contributed by atoms with E-state index in [1.165, 1.54) is 18.2 Å². The monoisotopic (exact) mass is 471 g/mol. The molecular formula is C31H21NO4. The summed E-state index contributed by atoms with van der Waals surface area (Å²) in [6.07, 6.45) is 2.17. The van der Waals surface area contributed by atoms with Gasteiger partial charge in [-0.15, -0.1) is 0 Å². The van der Waals surface area contributed by atoms with Crippen molar-refractivity contribution >= 4 is 44.6 Å². The standard InChI is InChI=1S/C31H21NO4/c33-28(24-14-12-20-6-1-3-8-22(20)16-24)18-30(35)26-10-5-11-27(32-26)31(36)19-29(34)25-15-13-21-7-2-4-9-23(21)17-25/h1-19,33-34H. The summed E-state index contributed by atoms with van der Waals surface area (Å²) >= 11 is 0. The number of hydrogen-bond donors (Lipinski definition) is 2. The molecule has 174 valence electrons. The smallest absolute Gasteiger partial charge is 0.207 e. The van der Waals surface area contributed by atoms with E-state index in [2.05, 4.69) is 4.98 Å². The molecule has 2 N–H and O–H groups in total. The summed E-state index contributed by atoms with van der Waals surface area (Å²) in [6, 6.07) is 30.7. The molecule has 0 unspecified atom stereocenters. The van der Waals surface area contributed by atoms with Crippen LogP contribution in [0.3, 0.4) is 0 Å². The van der Waals surface area contributed by atoms with Crippen LogP contribution in [0.4, 0.5) is 0 Å². The highest BCUT2D eigenvalue weighted by atomic mass is 16.3. The number of benzene rings is 4. The number of aliphatic hydroxyl groups is 2. The van der Waals surface area contributed by atoms with E-state index in [1.54, 1.807) is 24.3 Å². The zero-order valence-corrected chi connectivity index (χ0v) is 19.1. The largest absolute Gasteiger partial charge is 0.507 e. The van der Waals surface area contributed by atoms with Gasteiger partial charge in [0.2, 0.25) is 11.6 Å². The van der Waals surface area contributed by atoms with Gasteiger partial charge in [0.1, 0.15) is 22.9 Å². The molecular weight excluding hydrogens is 450 g/mol. The Bertz CT molecular complexity index is 1580. The SMILES string of the molecule is O=C(C=C(O)c1ccc2ccccc2c1)c1cccc(C(=O)C=C(O)c2ccc3ccccc3c2)n1. The third kappa shape index (κ3) is 4.76. The second kappa shape index (κ2) is 9.68. The lowest BCUT2D eigenvalue weighted by molar-refractivity contribution is 0.103.